The number of carbonyl (C=O) groups excluding carboxylic acids is 1. The van der Waals surface area contributed by atoms with Gasteiger partial charge in [-0.3, -0.25) is 14.2 Å². The van der Waals surface area contributed by atoms with Crippen molar-refractivity contribution >= 4 is 39.4 Å². The predicted octanol–water partition coefficient (Wildman–Crippen LogP) is 3.23. The molecule has 4 aromatic rings. The van der Waals surface area contributed by atoms with Gasteiger partial charge in [0.15, 0.2) is 0 Å². The van der Waals surface area contributed by atoms with Gasteiger partial charge in [-0.1, -0.05) is 29.3 Å². The Bertz CT molecular complexity index is 1510. The Balaban J connectivity index is 1.88. The number of halogens is 1. The molecule has 1 aliphatic rings. The van der Waals surface area contributed by atoms with Crippen LogP contribution in [0.25, 0.3) is 27.6 Å². The van der Waals surface area contributed by atoms with Gasteiger partial charge < -0.3 is 9.47 Å². The number of aryl methyl sites for hydroxylation is 2. The van der Waals surface area contributed by atoms with Gasteiger partial charge in [-0.05, 0) is 50.1 Å². The maximum Gasteiger partial charge on any atom is 0.336 e. The first kappa shape index (κ1) is 20.6. The quantitative estimate of drug-likeness (QED) is 0.481. The van der Waals surface area contributed by atoms with Crippen LogP contribution in [0.4, 0.5) is 0 Å². The van der Waals surface area contributed by atoms with Crippen molar-refractivity contribution in [3.05, 3.63) is 73.9 Å². The predicted molar refractivity (Wildman–Crippen MR) is 126 cm³/mol. The zero-order valence-corrected chi connectivity index (χ0v) is 18.7. The van der Waals surface area contributed by atoms with Gasteiger partial charge >= 0.3 is 5.69 Å². The van der Waals surface area contributed by atoms with Gasteiger partial charge in [0.2, 0.25) is 5.91 Å². The number of aromatic nitrogens is 3. The highest BCUT2D eigenvalue weighted by atomic mass is 35.5. The summed E-state index contributed by atoms with van der Waals surface area (Å²) < 4.78 is 4.35. The minimum absolute atomic E-state index is 0.119. The molecule has 1 fully saturated rings. The molecule has 0 N–H and O–H groups in total. The van der Waals surface area contributed by atoms with Crippen LogP contribution in [0, 0.1) is 6.92 Å². The fourth-order valence-corrected chi connectivity index (χ4v) is 4.84. The van der Waals surface area contributed by atoms with Crippen LogP contribution in [-0.4, -0.2) is 37.6 Å². The molecule has 1 saturated heterocycles. The lowest BCUT2D eigenvalue weighted by molar-refractivity contribution is -0.130. The molecule has 1 aliphatic heterocycles. The Morgan fingerprint density at radius 1 is 1.03 bits per heavy atom. The fraction of sp³-hybridized carbons (Fsp3) is 0.292. The number of nitrogens with zero attached hydrogens (tertiary/aromatic N) is 4. The molecular weight excluding hydrogens is 428 g/mol. The number of likely N-dealkylation sites (tertiary alicyclic amines) is 1. The van der Waals surface area contributed by atoms with Crippen molar-refractivity contribution in [3.63, 3.8) is 0 Å². The molecule has 0 saturated carbocycles. The summed E-state index contributed by atoms with van der Waals surface area (Å²) in [6.07, 6.45) is 1.93. The number of amides is 1. The molecule has 8 heteroatoms. The van der Waals surface area contributed by atoms with Gasteiger partial charge in [0.05, 0.1) is 16.7 Å². The van der Waals surface area contributed by atoms with E-state index in [1.807, 2.05) is 25.1 Å². The highest BCUT2D eigenvalue weighted by Crippen LogP contribution is 2.27. The van der Waals surface area contributed by atoms with E-state index in [9.17, 15) is 14.4 Å². The Morgan fingerprint density at radius 3 is 2.50 bits per heavy atom. The summed E-state index contributed by atoms with van der Waals surface area (Å²) in [7, 11) is 1.81. The average Bonchev–Trinajstić information content (AvgIpc) is 3.38. The maximum absolute atomic E-state index is 13.7. The molecule has 5 rings (SSSR count). The number of benzene rings is 2. The van der Waals surface area contributed by atoms with Gasteiger partial charge in [-0.2, -0.15) is 0 Å². The fourth-order valence-electron chi connectivity index (χ4n) is 4.66. The second kappa shape index (κ2) is 7.67. The normalized spacial score (nSPS) is 14.0. The minimum atomic E-state index is -0.550. The van der Waals surface area contributed by atoms with Crippen molar-refractivity contribution in [2.75, 3.05) is 13.1 Å². The van der Waals surface area contributed by atoms with E-state index in [0.29, 0.717) is 34.8 Å². The van der Waals surface area contributed by atoms with Gasteiger partial charge in [-0.15, -0.1) is 0 Å². The molecule has 7 nitrogen and oxygen atoms in total. The van der Waals surface area contributed by atoms with Crippen LogP contribution >= 0.6 is 11.6 Å². The summed E-state index contributed by atoms with van der Waals surface area (Å²) in [5, 5.41) is 1.20. The van der Waals surface area contributed by atoms with E-state index in [4.69, 9.17) is 11.6 Å². The number of fused-ring (bicyclic) bond motifs is 3. The summed E-state index contributed by atoms with van der Waals surface area (Å²) in [4.78, 5) is 42.2. The van der Waals surface area contributed by atoms with Gasteiger partial charge in [-0.25, -0.2) is 9.36 Å². The largest absolute Gasteiger partial charge is 0.341 e. The molecule has 0 bridgehead atoms. The van der Waals surface area contributed by atoms with Crippen LogP contribution in [0.2, 0.25) is 5.02 Å². The van der Waals surface area contributed by atoms with Crippen molar-refractivity contribution in [2.45, 2.75) is 26.3 Å². The van der Waals surface area contributed by atoms with Crippen molar-refractivity contribution in [3.8, 4) is 5.69 Å². The molecule has 1 amide bonds. The molecule has 0 spiro atoms. The Labute approximate surface area is 189 Å². The summed E-state index contributed by atoms with van der Waals surface area (Å²) in [5.41, 5.74) is 2.09. The van der Waals surface area contributed by atoms with E-state index >= 15 is 0 Å². The van der Waals surface area contributed by atoms with Crippen LogP contribution in [0.5, 0.6) is 0 Å². The zero-order chi connectivity index (χ0) is 22.6. The monoisotopic (exact) mass is 450 g/mol. The maximum atomic E-state index is 13.7. The second-order valence-electron chi connectivity index (χ2n) is 8.35. The molecule has 164 valence electrons. The minimum Gasteiger partial charge on any atom is -0.341 e. The molecule has 0 atom stereocenters. The number of hydrogen-bond donors (Lipinski definition) is 0. The lowest BCUT2D eigenvalue weighted by Gasteiger charge is -2.18. The third-order valence-corrected chi connectivity index (χ3v) is 6.48. The standard InChI is InChI=1S/C24H23ClN4O3/c1-15-8-9-19-18(12-15)21-22(26(19)2)23(31)29(17-7-5-6-16(25)13-17)24(32)28(21)14-20(30)27-10-3-4-11-27/h5-9,12-13H,3-4,10-11,14H2,1-2H3. The zero-order valence-electron chi connectivity index (χ0n) is 18.0. The third-order valence-electron chi connectivity index (χ3n) is 6.24. The summed E-state index contributed by atoms with van der Waals surface area (Å²) in [5.74, 6) is -0.119. The lowest BCUT2D eigenvalue weighted by Crippen LogP contribution is -2.42. The van der Waals surface area contributed by atoms with E-state index < -0.39 is 11.2 Å². The number of carbonyl (C=O) groups is 1. The van der Waals surface area contributed by atoms with E-state index in [1.54, 1.807) is 40.8 Å². The van der Waals surface area contributed by atoms with Gasteiger partial charge in [0.1, 0.15) is 12.1 Å². The molecule has 0 radical (unpaired) electrons. The smallest absolute Gasteiger partial charge is 0.336 e. The van der Waals surface area contributed by atoms with Crippen LogP contribution in [-0.2, 0) is 18.4 Å². The SMILES string of the molecule is Cc1ccc2c(c1)c1c(c(=O)n(-c3cccc(Cl)c3)c(=O)n1CC(=O)N1CCCC1)n2C. The Kier molecular flexibility index (Phi) is 4.93. The van der Waals surface area contributed by atoms with Gasteiger partial charge in [0.25, 0.3) is 5.56 Å². The van der Waals surface area contributed by atoms with Crippen molar-refractivity contribution in [2.24, 2.45) is 7.05 Å². The first-order valence-electron chi connectivity index (χ1n) is 10.6. The van der Waals surface area contributed by atoms with Gasteiger partial charge in [0, 0.05) is 30.5 Å². The third kappa shape index (κ3) is 3.15. The molecule has 32 heavy (non-hydrogen) atoms. The summed E-state index contributed by atoms with van der Waals surface area (Å²) in [6, 6.07) is 12.5. The molecule has 0 aliphatic carbocycles. The van der Waals surface area contributed by atoms with E-state index in [2.05, 4.69) is 0 Å². The number of hydrogen-bond acceptors (Lipinski definition) is 3. The average molecular weight is 451 g/mol. The van der Waals surface area contributed by atoms with Crippen LogP contribution in [0.1, 0.15) is 18.4 Å². The first-order chi connectivity index (χ1) is 15.4. The second-order valence-corrected chi connectivity index (χ2v) is 8.79. The van der Waals surface area contributed by atoms with Crippen molar-refractivity contribution in [1.29, 1.82) is 0 Å². The van der Waals surface area contributed by atoms with Crippen molar-refractivity contribution < 1.29 is 4.79 Å². The van der Waals surface area contributed by atoms with E-state index in [-0.39, 0.29) is 12.5 Å². The lowest BCUT2D eigenvalue weighted by atomic mass is 10.1. The number of rotatable bonds is 3. The highest BCUT2D eigenvalue weighted by molar-refractivity contribution is 6.30. The molecule has 2 aromatic heterocycles. The summed E-state index contributed by atoms with van der Waals surface area (Å²) in [6.45, 7) is 3.23. The summed E-state index contributed by atoms with van der Waals surface area (Å²) >= 11 is 6.15. The van der Waals surface area contributed by atoms with Crippen molar-refractivity contribution in [1.82, 2.24) is 18.6 Å². The van der Waals surface area contributed by atoms with E-state index in [1.165, 1.54) is 4.57 Å². The van der Waals surface area contributed by atoms with Crippen LogP contribution < -0.4 is 11.2 Å². The highest BCUT2D eigenvalue weighted by Gasteiger charge is 2.25. The van der Waals surface area contributed by atoms with E-state index in [0.717, 1.165) is 33.9 Å². The topological polar surface area (TPSA) is 69.2 Å². The van der Waals surface area contributed by atoms with Crippen LogP contribution in [0.3, 0.4) is 0 Å². The molecule has 3 heterocycles. The molecular formula is C24H23ClN4O3. The van der Waals surface area contributed by atoms with Crippen LogP contribution in [0.15, 0.2) is 52.1 Å². The molecule has 2 aromatic carbocycles. The Morgan fingerprint density at radius 2 is 1.78 bits per heavy atom. The Hall–Kier alpha value is -3.32. The first-order valence-corrected chi connectivity index (χ1v) is 11.0. The molecule has 0 unspecified atom stereocenters.